The molecular weight excluding hydrogens is 505 g/mol. The Hall–Kier alpha value is -3.59. The summed E-state index contributed by atoms with van der Waals surface area (Å²) in [4.78, 5) is 26.2. The van der Waals surface area contributed by atoms with Crippen molar-refractivity contribution in [3.05, 3.63) is 89.9 Å². The van der Waals surface area contributed by atoms with Gasteiger partial charge in [0.05, 0.1) is 21.2 Å². The van der Waals surface area contributed by atoms with Gasteiger partial charge in [0.15, 0.2) is 9.47 Å². The molecule has 0 bridgehead atoms. The number of hydrogen-bond donors (Lipinski definition) is 1. The van der Waals surface area contributed by atoms with Crippen LogP contribution in [0.5, 0.6) is 0 Å². The Labute approximate surface area is 220 Å². The van der Waals surface area contributed by atoms with Crippen LogP contribution in [-0.2, 0) is 4.79 Å². The molecule has 0 saturated heterocycles. The molecule has 1 atom stereocenters. The zero-order valence-electron chi connectivity index (χ0n) is 19.2. The number of thioether (sulfide) groups is 1. The molecule has 8 heteroatoms. The second-order valence-electron chi connectivity index (χ2n) is 8.21. The van der Waals surface area contributed by atoms with Gasteiger partial charge in [-0.25, -0.2) is 9.97 Å². The number of thiazole rings is 2. The van der Waals surface area contributed by atoms with Crippen LogP contribution >= 0.6 is 34.4 Å². The number of hydrogen-bond acceptors (Lipinski definition) is 7. The van der Waals surface area contributed by atoms with Gasteiger partial charge in [0.1, 0.15) is 0 Å². The molecule has 0 aliphatic carbocycles. The lowest BCUT2D eigenvalue weighted by atomic mass is 9.97. The van der Waals surface area contributed by atoms with E-state index >= 15 is 0 Å². The number of rotatable bonds is 6. The van der Waals surface area contributed by atoms with Crippen LogP contribution in [0.3, 0.4) is 0 Å². The molecule has 2 aromatic heterocycles. The lowest BCUT2D eigenvalue weighted by molar-refractivity contribution is -0.115. The molecule has 0 aliphatic heterocycles. The third kappa shape index (κ3) is 4.63. The van der Waals surface area contributed by atoms with Gasteiger partial charge in [0.2, 0.25) is 5.91 Å². The van der Waals surface area contributed by atoms with E-state index in [4.69, 9.17) is 9.98 Å². The number of nitrogens with one attached hydrogen (secondary N) is 1. The number of carbonyl (C=O) groups excluding carboxylic acids is 1. The minimum Gasteiger partial charge on any atom is -0.301 e. The number of nitrogens with zero attached hydrogens (tertiary/aromatic N) is 3. The number of benzene rings is 4. The highest BCUT2D eigenvalue weighted by Gasteiger charge is 2.18. The predicted octanol–water partition coefficient (Wildman–Crippen LogP) is 7.93. The molecule has 1 amide bonds. The zero-order chi connectivity index (χ0) is 24.5. The van der Waals surface area contributed by atoms with E-state index < -0.39 is 0 Å². The van der Waals surface area contributed by atoms with Crippen molar-refractivity contribution in [2.75, 3.05) is 5.32 Å². The fraction of sp³-hybridized carbons (Fsp3) is 0.0714. The molecule has 6 aromatic rings. The van der Waals surface area contributed by atoms with Crippen LogP contribution < -0.4 is 5.32 Å². The summed E-state index contributed by atoms with van der Waals surface area (Å²) in [6.07, 6.45) is 3.64. The van der Waals surface area contributed by atoms with Crippen molar-refractivity contribution in [1.29, 1.82) is 0 Å². The summed E-state index contributed by atoms with van der Waals surface area (Å²) in [5.41, 5.74) is 2.89. The Morgan fingerprint density at radius 3 is 2.50 bits per heavy atom. The molecular formula is C28H20N4OS3. The minimum atomic E-state index is -0.286. The second kappa shape index (κ2) is 9.81. The maximum Gasteiger partial charge on any atom is 0.239 e. The molecule has 176 valence electrons. The van der Waals surface area contributed by atoms with E-state index in [-0.39, 0.29) is 11.2 Å². The van der Waals surface area contributed by atoms with Crippen LogP contribution in [0, 0.1) is 0 Å². The predicted molar refractivity (Wildman–Crippen MR) is 154 cm³/mol. The van der Waals surface area contributed by atoms with Crippen molar-refractivity contribution in [2.24, 2.45) is 4.99 Å². The molecule has 5 nitrogen and oxygen atoms in total. The van der Waals surface area contributed by atoms with Crippen LogP contribution in [0.4, 0.5) is 10.8 Å². The van der Waals surface area contributed by atoms with Gasteiger partial charge in [0, 0.05) is 23.4 Å². The fourth-order valence-corrected chi connectivity index (χ4v) is 6.82. The molecule has 0 spiro atoms. The van der Waals surface area contributed by atoms with Crippen molar-refractivity contribution >= 4 is 89.1 Å². The molecule has 1 N–H and O–H groups in total. The summed E-state index contributed by atoms with van der Waals surface area (Å²) in [6, 6.07) is 25.1. The smallest absolute Gasteiger partial charge is 0.239 e. The Morgan fingerprint density at radius 1 is 1.03 bits per heavy atom. The normalized spacial score (nSPS) is 12.6. The molecule has 2 heterocycles. The molecule has 0 saturated carbocycles. The van der Waals surface area contributed by atoms with Crippen LogP contribution in [0.2, 0.25) is 0 Å². The summed E-state index contributed by atoms with van der Waals surface area (Å²) >= 11 is 4.43. The first kappa shape index (κ1) is 22.8. The first-order valence-electron chi connectivity index (χ1n) is 11.4. The van der Waals surface area contributed by atoms with Crippen molar-refractivity contribution in [3.63, 3.8) is 0 Å². The van der Waals surface area contributed by atoms with Gasteiger partial charge in [-0.1, -0.05) is 60.3 Å². The third-order valence-corrected chi connectivity index (χ3v) is 8.72. The topological polar surface area (TPSA) is 67.2 Å². The molecule has 0 unspecified atom stereocenters. The van der Waals surface area contributed by atoms with E-state index in [2.05, 4.69) is 71.0 Å². The number of carbonyl (C=O) groups is 1. The number of aliphatic imine (C=N–C) groups is 1. The fourth-order valence-electron chi connectivity index (χ4n) is 4.05. The number of anilines is 1. The summed E-state index contributed by atoms with van der Waals surface area (Å²) in [5, 5.41) is 9.77. The van der Waals surface area contributed by atoms with Gasteiger partial charge in [-0.2, -0.15) is 0 Å². The molecule has 0 fully saturated rings. The van der Waals surface area contributed by atoms with Gasteiger partial charge in [0.25, 0.3) is 0 Å². The SMILES string of the molecule is C[C@@H](Sc1nc2ccc(N=Cc3c4ccccc4cc4ccccc34)cc2s1)C(=O)Nc1nccs1. The van der Waals surface area contributed by atoms with Crippen LogP contribution in [0.15, 0.2) is 93.7 Å². The van der Waals surface area contributed by atoms with Crippen LogP contribution in [-0.4, -0.2) is 27.3 Å². The Balaban J connectivity index is 1.27. The van der Waals surface area contributed by atoms with E-state index in [0.717, 1.165) is 25.8 Å². The maximum atomic E-state index is 12.5. The maximum absolute atomic E-state index is 12.5. The van der Waals surface area contributed by atoms with E-state index in [9.17, 15) is 4.79 Å². The van der Waals surface area contributed by atoms with E-state index in [1.165, 1.54) is 44.6 Å². The van der Waals surface area contributed by atoms with Gasteiger partial charge < -0.3 is 5.32 Å². The van der Waals surface area contributed by atoms with E-state index in [1.54, 1.807) is 17.5 Å². The zero-order valence-corrected chi connectivity index (χ0v) is 21.7. The summed E-state index contributed by atoms with van der Waals surface area (Å²) in [7, 11) is 0. The molecule has 36 heavy (non-hydrogen) atoms. The molecule has 6 rings (SSSR count). The second-order valence-corrected chi connectivity index (χ2v) is 11.7. The Kier molecular flexibility index (Phi) is 6.23. The first-order valence-corrected chi connectivity index (χ1v) is 13.9. The quantitative estimate of drug-likeness (QED) is 0.136. The largest absolute Gasteiger partial charge is 0.301 e. The summed E-state index contributed by atoms with van der Waals surface area (Å²) < 4.78 is 1.90. The Bertz CT molecular complexity index is 1690. The minimum absolute atomic E-state index is 0.0817. The Morgan fingerprint density at radius 2 is 1.78 bits per heavy atom. The standard InChI is InChI=1S/C28H20N4OS3/c1-17(26(33)32-27-29-12-13-34-27)35-28-31-24-11-10-20(15-25(24)36-28)30-16-23-21-8-4-2-6-18(21)14-19-7-3-5-9-22(19)23/h2-17H,1H3,(H,29,32,33)/t17-/m1/s1. The summed E-state index contributed by atoms with van der Waals surface area (Å²) in [6.45, 7) is 1.88. The molecule has 0 aliphatic rings. The number of amides is 1. The van der Waals surface area contributed by atoms with Gasteiger partial charge in [-0.05, 0) is 52.7 Å². The molecule has 4 aromatic carbocycles. The highest BCUT2D eigenvalue weighted by Crippen LogP contribution is 2.35. The molecule has 0 radical (unpaired) electrons. The highest BCUT2D eigenvalue weighted by atomic mass is 32.2. The van der Waals surface area contributed by atoms with Gasteiger partial charge in [-0.15, -0.1) is 22.7 Å². The van der Waals surface area contributed by atoms with Crippen molar-refractivity contribution in [3.8, 4) is 0 Å². The van der Waals surface area contributed by atoms with Crippen molar-refractivity contribution in [2.45, 2.75) is 16.5 Å². The lowest BCUT2D eigenvalue weighted by Crippen LogP contribution is -2.22. The average molecular weight is 525 g/mol. The summed E-state index contributed by atoms with van der Waals surface area (Å²) in [5.74, 6) is -0.0817. The average Bonchev–Trinajstić information content (AvgIpc) is 3.55. The van der Waals surface area contributed by atoms with E-state index in [1.807, 2.05) is 30.7 Å². The number of fused-ring (bicyclic) bond motifs is 3. The van der Waals surface area contributed by atoms with E-state index in [0.29, 0.717) is 5.13 Å². The van der Waals surface area contributed by atoms with Crippen LogP contribution in [0.1, 0.15) is 12.5 Å². The third-order valence-electron chi connectivity index (χ3n) is 5.82. The van der Waals surface area contributed by atoms with Gasteiger partial charge in [-0.3, -0.25) is 9.79 Å². The first-order chi connectivity index (χ1) is 17.6. The lowest BCUT2D eigenvalue weighted by Gasteiger charge is -2.07. The van der Waals surface area contributed by atoms with Gasteiger partial charge >= 0.3 is 0 Å². The van der Waals surface area contributed by atoms with Crippen molar-refractivity contribution < 1.29 is 4.79 Å². The monoisotopic (exact) mass is 524 g/mol. The highest BCUT2D eigenvalue weighted by molar-refractivity contribution is 8.02. The number of aromatic nitrogens is 2. The van der Waals surface area contributed by atoms with Crippen LogP contribution in [0.25, 0.3) is 31.8 Å². The van der Waals surface area contributed by atoms with Crippen molar-refractivity contribution in [1.82, 2.24) is 9.97 Å².